The molecule has 1 aliphatic heterocycles. The summed E-state index contributed by atoms with van der Waals surface area (Å²) in [7, 11) is 2.14. The second-order valence-corrected chi connectivity index (χ2v) is 6.33. The number of amidine groups is 1. The molecule has 0 radical (unpaired) electrons. The molecule has 0 unspecified atom stereocenters. The number of hydrogen-bond acceptors (Lipinski definition) is 3. The summed E-state index contributed by atoms with van der Waals surface area (Å²) < 4.78 is 1.11. The number of benzene rings is 1. The Bertz CT molecular complexity index is 416. The predicted molar refractivity (Wildman–Crippen MR) is 81.7 cm³/mol. The number of piperazine rings is 1. The van der Waals surface area contributed by atoms with Crippen LogP contribution in [0.5, 0.6) is 0 Å². The number of rotatable bonds is 3. The van der Waals surface area contributed by atoms with Gasteiger partial charge >= 0.3 is 0 Å². The van der Waals surface area contributed by atoms with Crippen molar-refractivity contribution in [3.63, 3.8) is 0 Å². The van der Waals surface area contributed by atoms with E-state index in [1.165, 1.54) is 4.90 Å². The lowest BCUT2D eigenvalue weighted by Gasteiger charge is -2.34. The molecular weight excluding hydrogens is 310 g/mol. The summed E-state index contributed by atoms with van der Waals surface area (Å²) in [4.78, 5) is 5.70. The van der Waals surface area contributed by atoms with Crippen LogP contribution >= 0.6 is 27.7 Å². The fourth-order valence-corrected chi connectivity index (χ4v) is 3.36. The molecule has 1 N–H and O–H groups in total. The Hall–Kier alpha value is -0.520. The summed E-state index contributed by atoms with van der Waals surface area (Å²) in [5.74, 6) is 1.48. The highest BCUT2D eigenvalue weighted by Crippen LogP contribution is 2.27. The maximum absolute atomic E-state index is 8.14. The average Bonchev–Trinajstić information content (AvgIpc) is 2.38. The number of thioether (sulfide) groups is 1. The second kappa shape index (κ2) is 6.59. The predicted octanol–water partition coefficient (Wildman–Crippen LogP) is 2.77. The van der Waals surface area contributed by atoms with E-state index in [-0.39, 0.29) is 0 Å². The first-order valence-corrected chi connectivity index (χ1v) is 7.83. The first-order chi connectivity index (χ1) is 8.66. The smallest absolute Gasteiger partial charge is 0.106 e. The van der Waals surface area contributed by atoms with Gasteiger partial charge in [0.2, 0.25) is 0 Å². The van der Waals surface area contributed by atoms with Gasteiger partial charge in [0.15, 0.2) is 0 Å². The number of nitrogens with zero attached hydrogens (tertiary/aromatic N) is 2. The van der Waals surface area contributed by atoms with Gasteiger partial charge in [0, 0.05) is 35.5 Å². The van der Waals surface area contributed by atoms with Crippen molar-refractivity contribution in [3.05, 3.63) is 28.7 Å². The lowest BCUT2D eigenvalue weighted by atomic mass is 10.3. The van der Waals surface area contributed by atoms with Crippen molar-refractivity contribution >= 4 is 33.5 Å². The molecule has 2 rings (SSSR count). The fraction of sp³-hybridized carbons (Fsp3) is 0.462. The summed E-state index contributed by atoms with van der Waals surface area (Å²) in [5, 5.41) is 8.14. The first-order valence-electron chi connectivity index (χ1n) is 6.05. The molecule has 0 bridgehead atoms. The van der Waals surface area contributed by atoms with Crippen LogP contribution in [0.2, 0.25) is 0 Å². The van der Waals surface area contributed by atoms with E-state index >= 15 is 0 Å². The summed E-state index contributed by atoms with van der Waals surface area (Å²) in [6.45, 7) is 4.07. The van der Waals surface area contributed by atoms with E-state index in [1.54, 1.807) is 11.8 Å². The molecule has 1 aromatic carbocycles. The van der Waals surface area contributed by atoms with E-state index < -0.39 is 0 Å². The Morgan fingerprint density at radius 1 is 1.28 bits per heavy atom. The van der Waals surface area contributed by atoms with Gasteiger partial charge in [0.05, 0.1) is 5.75 Å². The van der Waals surface area contributed by atoms with Crippen molar-refractivity contribution in [2.75, 3.05) is 39.0 Å². The fourth-order valence-electron chi connectivity index (χ4n) is 1.88. The lowest BCUT2D eigenvalue weighted by Crippen LogP contribution is -2.47. The van der Waals surface area contributed by atoms with E-state index in [2.05, 4.69) is 38.8 Å². The highest BCUT2D eigenvalue weighted by atomic mass is 79.9. The van der Waals surface area contributed by atoms with Gasteiger partial charge in [0.1, 0.15) is 5.84 Å². The molecule has 3 nitrogen and oxygen atoms in total. The third kappa shape index (κ3) is 3.73. The van der Waals surface area contributed by atoms with Gasteiger partial charge in [0.25, 0.3) is 0 Å². The molecule has 18 heavy (non-hydrogen) atoms. The monoisotopic (exact) mass is 327 g/mol. The maximum atomic E-state index is 8.14. The molecule has 1 heterocycles. The van der Waals surface area contributed by atoms with Crippen molar-refractivity contribution in [1.82, 2.24) is 9.80 Å². The van der Waals surface area contributed by atoms with Crippen LogP contribution in [-0.2, 0) is 0 Å². The number of halogens is 1. The van der Waals surface area contributed by atoms with Crippen LogP contribution < -0.4 is 0 Å². The van der Waals surface area contributed by atoms with Crippen molar-refractivity contribution in [2.24, 2.45) is 0 Å². The van der Waals surface area contributed by atoms with Crippen molar-refractivity contribution in [2.45, 2.75) is 4.90 Å². The summed E-state index contributed by atoms with van der Waals surface area (Å²) in [5.41, 5.74) is 0. The van der Waals surface area contributed by atoms with E-state index in [0.29, 0.717) is 0 Å². The molecular formula is C13H18BrN3S. The SMILES string of the molecule is CN1CCN(C(=N)CSc2ccccc2Br)CC1. The molecule has 1 aliphatic rings. The number of likely N-dealkylation sites (N-methyl/N-ethyl adjacent to an activating group) is 1. The molecule has 0 aromatic heterocycles. The van der Waals surface area contributed by atoms with Gasteiger partial charge in [-0.15, -0.1) is 11.8 Å². The Labute approximate surface area is 121 Å². The third-order valence-corrected chi connectivity index (χ3v) is 5.12. The molecule has 1 aromatic rings. The van der Waals surface area contributed by atoms with Crippen LogP contribution in [0.1, 0.15) is 0 Å². The quantitative estimate of drug-likeness (QED) is 0.526. The van der Waals surface area contributed by atoms with Gasteiger partial charge in [-0.05, 0) is 35.1 Å². The van der Waals surface area contributed by atoms with Gasteiger partial charge in [-0.2, -0.15) is 0 Å². The summed E-state index contributed by atoms with van der Waals surface area (Å²) in [6.07, 6.45) is 0. The zero-order valence-electron chi connectivity index (χ0n) is 10.5. The molecule has 0 atom stereocenters. The largest absolute Gasteiger partial charge is 0.357 e. The molecule has 0 spiro atoms. The summed E-state index contributed by atoms with van der Waals surface area (Å²) >= 11 is 5.26. The number of nitrogens with one attached hydrogen (secondary N) is 1. The Kier molecular flexibility index (Phi) is 5.09. The topological polar surface area (TPSA) is 30.3 Å². The van der Waals surface area contributed by atoms with Gasteiger partial charge in [-0.25, -0.2) is 0 Å². The van der Waals surface area contributed by atoms with E-state index in [0.717, 1.165) is 42.2 Å². The van der Waals surface area contributed by atoms with E-state index in [4.69, 9.17) is 5.41 Å². The molecule has 5 heteroatoms. The average molecular weight is 328 g/mol. The molecule has 0 saturated carbocycles. The van der Waals surface area contributed by atoms with E-state index in [1.807, 2.05) is 18.2 Å². The second-order valence-electron chi connectivity index (χ2n) is 4.46. The van der Waals surface area contributed by atoms with Crippen molar-refractivity contribution in [3.8, 4) is 0 Å². The van der Waals surface area contributed by atoms with Crippen LogP contribution in [0.25, 0.3) is 0 Å². The number of hydrogen-bond donors (Lipinski definition) is 1. The molecule has 1 fully saturated rings. The minimum absolute atomic E-state index is 0.740. The Morgan fingerprint density at radius 2 is 1.94 bits per heavy atom. The molecule has 1 saturated heterocycles. The minimum atomic E-state index is 0.740. The van der Waals surface area contributed by atoms with Crippen LogP contribution in [-0.4, -0.2) is 54.6 Å². The highest BCUT2D eigenvalue weighted by Gasteiger charge is 2.16. The van der Waals surface area contributed by atoms with Crippen LogP contribution in [0.3, 0.4) is 0 Å². The van der Waals surface area contributed by atoms with Crippen LogP contribution in [0.4, 0.5) is 0 Å². The standard InChI is InChI=1S/C13H18BrN3S/c1-16-6-8-17(9-7-16)13(15)10-18-12-5-3-2-4-11(12)14/h2-5,15H,6-10H2,1H3. The Balaban J connectivity index is 1.83. The zero-order chi connectivity index (χ0) is 13.0. The van der Waals surface area contributed by atoms with Gasteiger partial charge in [-0.1, -0.05) is 12.1 Å². The van der Waals surface area contributed by atoms with E-state index in [9.17, 15) is 0 Å². The Morgan fingerprint density at radius 3 is 2.61 bits per heavy atom. The maximum Gasteiger partial charge on any atom is 0.106 e. The summed E-state index contributed by atoms with van der Waals surface area (Å²) in [6, 6.07) is 8.18. The minimum Gasteiger partial charge on any atom is -0.357 e. The normalized spacial score (nSPS) is 16.9. The van der Waals surface area contributed by atoms with Gasteiger partial charge < -0.3 is 9.80 Å². The third-order valence-electron chi connectivity index (χ3n) is 3.09. The van der Waals surface area contributed by atoms with Crippen LogP contribution in [0.15, 0.2) is 33.6 Å². The zero-order valence-corrected chi connectivity index (χ0v) is 12.9. The van der Waals surface area contributed by atoms with Gasteiger partial charge in [-0.3, -0.25) is 5.41 Å². The molecule has 0 aliphatic carbocycles. The molecule has 98 valence electrons. The van der Waals surface area contributed by atoms with Crippen molar-refractivity contribution < 1.29 is 0 Å². The van der Waals surface area contributed by atoms with Crippen molar-refractivity contribution in [1.29, 1.82) is 5.41 Å². The lowest BCUT2D eigenvalue weighted by molar-refractivity contribution is 0.214. The first kappa shape index (κ1) is 13.9. The van der Waals surface area contributed by atoms with Crippen LogP contribution in [0, 0.1) is 5.41 Å². The highest BCUT2D eigenvalue weighted by molar-refractivity contribution is 9.10. The molecule has 0 amide bonds.